The fourth-order valence-corrected chi connectivity index (χ4v) is 1.08. The highest BCUT2D eigenvalue weighted by Gasteiger charge is 2.13. The minimum Gasteiger partial charge on any atom is -0.321 e. The summed E-state index contributed by atoms with van der Waals surface area (Å²) in [4.78, 5) is 10.5. The van der Waals surface area contributed by atoms with Gasteiger partial charge in [0, 0.05) is 0 Å². The summed E-state index contributed by atoms with van der Waals surface area (Å²) in [5.41, 5.74) is 1.15. The summed E-state index contributed by atoms with van der Waals surface area (Å²) < 4.78 is 0.993. The predicted octanol–water partition coefficient (Wildman–Crippen LogP) is 1.17. The predicted molar refractivity (Wildman–Crippen MR) is 39.5 cm³/mol. The van der Waals surface area contributed by atoms with Gasteiger partial charge in [0.1, 0.15) is 0 Å². The van der Waals surface area contributed by atoms with Crippen LogP contribution < -0.4 is 5.32 Å². The molecule has 1 aliphatic rings. The maximum Gasteiger partial charge on any atom is 0.228 e. The lowest BCUT2D eigenvalue weighted by Crippen LogP contribution is -2.11. The molecule has 1 rings (SSSR count). The lowest BCUT2D eigenvalue weighted by molar-refractivity contribution is -0.118. The van der Waals surface area contributed by atoms with Crippen LogP contribution in [0.1, 0.15) is 13.3 Å². The van der Waals surface area contributed by atoms with Crippen LogP contribution in [0.3, 0.4) is 0 Å². The first-order valence-corrected chi connectivity index (χ1v) is 3.43. The topological polar surface area (TPSA) is 29.1 Å². The van der Waals surface area contributed by atoms with E-state index < -0.39 is 0 Å². The van der Waals surface area contributed by atoms with Crippen LogP contribution in [0.2, 0.25) is 0 Å². The molecule has 1 N–H and O–H groups in total. The van der Waals surface area contributed by atoms with Crippen molar-refractivity contribution in [2.24, 2.45) is 0 Å². The van der Waals surface area contributed by atoms with E-state index in [1.165, 1.54) is 0 Å². The van der Waals surface area contributed by atoms with Gasteiger partial charge in [0.15, 0.2) is 0 Å². The molecule has 1 heterocycles. The summed E-state index contributed by atoms with van der Waals surface area (Å²) >= 11 is 2.12. The van der Waals surface area contributed by atoms with E-state index >= 15 is 0 Å². The third kappa shape index (κ3) is 1.02. The molecule has 0 aromatic heterocycles. The first kappa shape index (κ1) is 6.07. The van der Waals surface area contributed by atoms with Crippen molar-refractivity contribution in [3.05, 3.63) is 9.28 Å². The first-order valence-electron chi connectivity index (χ1n) is 2.35. The Hall–Kier alpha value is -0.0600. The van der Waals surface area contributed by atoms with E-state index in [1.54, 1.807) is 0 Å². The zero-order valence-corrected chi connectivity index (χ0v) is 6.65. The number of halogens is 1. The minimum absolute atomic E-state index is 0.118. The Bertz CT molecular complexity index is 146. The second-order valence-corrected chi connectivity index (χ2v) is 2.90. The highest BCUT2D eigenvalue weighted by molar-refractivity contribution is 14.1. The Kier molecular flexibility index (Phi) is 1.55. The van der Waals surface area contributed by atoms with E-state index in [1.807, 2.05) is 6.92 Å². The van der Waals surface area contributed by atoms with Crippen molar-refractivity contribution in [1.29, 1.82) is 0 Å². The molecule has 44 valence electrons. The molecular formula is C5H6INO. The Balaban J connectivity index is 2.73. The van der Waals surface area contributed by atoms with Gasteiger partial charge < -0.3 is 5.32 Å². The van der Waals surface area contributed by atoms with Crippen molar-refractivity contribution in [1.82, 2.24) is 5.32 Å². The Labute approximate surface area is 61.5 Å². The Morgan fingerprint density at radius 3 is 2.50 bits per heavy atom. The highest BCUT2D eigenvalue weighted by Crippen LogP contribution is 2.18. The van der Waals surface area contributed by atoms with Crippen LogP contribution in [0, 0.1) is 0 Å². The molecule has 8 heavy (non-hydrogen) atoms. The quantitative estimate of drug-likeness (QED) is 0.484. The van der Waals surface area contributed by atoms with Crippen molar-refractivity contribution < 1.29 is 4.79 Å². The lowest BCUT2D eigenvalue weighted by atomic mass is 10.3. The molecule has 3 heteroatoms. The molecule has 0 saturated heterocycles. The van der Waals surface area contributed by atoms with E-state index in [2.05, 4.69) is 27.9 Å². The van der Waals surface area contributed by atoms with E-state index in [9.17, 15) is 4.79 Å². The van der Waals surface area contributed by atoms with Gasteiger partial charge in [0.2, 0.25) is 5.91 Å². The van der Waals surface area contributed by atoms with Gasteiger partial charge in [-0.25, -0.2) is 0 Å². The van der Waals surface area contributed by atoms with Gasteiger partial charge in [-0.1, -0.05) is 0 Å². The fraction of sp³-hybridized carbons (Fsp3) is 0.400. The summed E-state index contributed by atoms with van der Waals surface area (Å²) in [6.07, 6.45) is 0.582. The molecule has 0 saturated carbocycles. The van der Waals surface area contributed by atoms with Crippen molar-refractivity contribution in [3.8, 4) is 0 Å². The molecule has 0 unspecified atom stereocenters. The normalized spacial score (nSPS) is 19.5. The number of carbonyl (C=O) groups is 1. The average molecular weight is 223 g/mol. The molecule has 0 aliphatic carbocycles. The summed E-state index contributed by atoms with van der Waals surface area (Å²) in [7, 11) is 0. The number of carbonyl (C=O) groups excluding carboxylic acids is 1. The van der Waals surface area contributed by atoms with Gasteiger partial charge in [-0.05, 0) is 35.1 Å². The van der Waals surface area contributed by atoms with Crippen LogP contribution in [0.4, 0.5) is 0 Å². The molecule has 1 amide bonds. The van der Waals surface area contributed by atoms with Gasteiger partial charge in [-0.2, -0.15) is 0 Å². The van der Waals surface area contributed by atoms with Gasteiger partial charge in [-0.15, -0.1) is 0 Å². The molecule has 0 spiro atoms. The third-order valence-corrected chi connectivity index (χ3v) is 2.24. The maximum atomic E-state index is 10.5. The fourth-order valence-electron chi connectivity index (χ4n) is 0.592. The van der Waals surface area contributed by atoms with E-state index in [4.69, 9.17) is 0 Å². The molecule has 0 aromatic rings. The van der Waals surface area contributed by atoms with E-state index in [0.29, 0.717) is 6.42 Å². The lowest BCUT2D eigenvalue weighted by Gasteiger charge is -1.87. The van der Waals surface area contributed by atoms with Crippen LogP contribution in [0.5, 0.6) is 0 Å². The molecule has 1 aliphatic heterocycles. The van der Waals surface area contributed by atoms with Crippen LogP contribution in [-0.2, 0) is 4.79 Å². The second-order valence-electron chi connectivity index (χ2n) is 1.82. The van der Waals surface area contributed by atoms with Crippen LogP contribution in [0.15, 0.2) is 9.28 Å². The molecule has 0 fully saturated rings. The van der Waals surface area contributed by atoms with Crippen LogP contribution in [-0.4, -0.2) is 5.91 Å². The zero-order valence-electron chi connectivity index (χ0n) is 4.49. The van der Waals surface area contributed by atoms with E-state index in [-0.39, 0.29) is 5.91 Å². The summed E-state index contributed by atoms with van der Waals surface area (Å²) in [6.45, 7) is 1.96. The molecular weight excluding hydrogens is 217 g/mol. The smallest absolute Gasteiger partial charge is 0.228 e. The zero-order chi connectivity index (χ0) is 6.15. The number of amides is 1. The summed E-state index contributed by atoms with van der Waals surface area (Å²) in [5.74, 6) is 0.118. The highest BCUT2D eigenvalue weighted by atomic mass is 127. The van der Waals surface area contributed by atoms with Crippen molar-refractivity contribution in [2.75, 3.05) is 0 Å². The van der Waals surface area contributed by atoms with Gasteiger partial charge >= 0.3 is 0 Å². The Morgan fingerprint density at radius 2 is 2.38 bits per heavy atom. The largest absolute Gasteiger partial charge is 0.321 e. The van der Waals surface area contributed by atoms with Crippen LogP contribution >= 0.6 is 22.6 Å². The van der Waals surface area contributed by atoms with Crippen molar-refractivity contribution >= 4 is 28.5 Å². The number of hydrogen-bond donors (Lipinski definition) is 1. The van der Waals surface area contributed by atoms with Crippen molar-refractivity contribution in [3.63, 3.8) is 0 Å². The summed E-state index contributed by atoms with van der Waals surface area (Å²) in [5, 5.41) is 2.69. The first-order chi connectivity index (χ1) is 3.70. The number of hydrogen-bond acceptors (Lipinski definition) is 1. The Morgan fingerprint density at radius 1 is 1.75 bits per heavy atom. The van der Waals surface area contributed by atoms with Crippen molar-refractivity contribution in [2.45, 2.75) is 13.3 Å². The minimum atomic E-state index is 0.118. The maximum absolute atomic E-state index is 10.5. The molecule has 2 nitrogen and oxygen atoms in total. The SMILES string of the molecule is CC1=C(I)NC(=O)C1. The molecule has 0 atom stereocenters. The monoisotopic (exact) mass is 223 g/mol. The number of rotatable bonds is 0. The second kappa shape index (κ2) is 2.05. The average Bonchev–Trinajstić information content (AvgIpc) is 1.85. The molecule has 0 aromatic carbocycles. The number of nitrogens with one attached hydrogen (secondary N) is 1. The van der Waals surface area contributed by atoms with Gasteiger partial charge in [-0.3, -0.25) is 4.79 Å². The third-order valence-electron chi connectivity index (χ3n) is 1.05. The molecule has 0 radical (unpaired) electrons. The standard InChI is InChI=1S/C5H6INO/c1-3-2-4(8)7-5(3)6/h2H2,1H3,(H,7,8). The van der Waals surface area contributed by atoms with Gasteiger partial charge in [0.25, 0.3) is 0 Å². The van der Waals surface area contributed by atoms with Crippen LogP contribution in [0.25, 0.3) is 0 Å². The van der Waals surface area contributed by atoms with Gasteiger partial charge in [0.05, 0.1) is 10.1 Å². The summed E-state index contributed by atoms with van der Waals surface area (Å²) in [6, 6.07) is 0. The van der Waals surface area contributed by atoms with E-state index in [0.717, 1.165) is 9.28 Å². The molecule has 0 bridgehead atoms.